The maximum atomic E-state index is 12.4. The zero-order valence-electron chi connectivity index (χ0n) is 12.4. The number of sulfonamides is 1. The van der Waals surface area contributed by atoms with Crippen LogP contribution in [0.25, 0.3) is 0 Å². The first-order chi connectivity index (χ1) is 9.94. The molecule has 0 aliphatic carbocycles. The normalized spacial score (nSPS) is 11.6. The Morgan fingerprint density at radius 3 is 2.71 bits per heavy atom. The molecule has 2 aromatic rings. The highest BCUT2D eigenvalue weighted by Crippen LogP contribution is 2.25. The molecule has 0 aliphatic heterocycles. The van der Waals surface area contributed by atoms with E-state index in [1.165, 1.54) is 11.3 Å². The molecule has 114 valence electrons. The second kappa shape index (κ2) is 6.60. The average Bonchev–Trinajstić information content (AvgIpc) is 2.91. The summed E-state index contributed by atoms with van der Waals surface area (Å²) in [7, 11) is -3.52. The first-order valence-corrected chi connectivity index (χ1v) is 9.17. The van der Waals surface area contributed by atoms with Gasteiger partial charge in [0.05, 0.1) is 5.69 Å². The summed E-state index contributed by atoms with van der Waals surface area (Å²) in [6.07, 6.45) is 0. The van der Waals surface area contributed by atoms with Gasteiger partial charge in [-0.05, 0) is 54.6 Å². The van der Waals surface area contributed by atoms with Crippen LogP contribution in [0.2, 0.25) is 0 Å². The van der Waals surface area contributed by atoms with Crippen molar-refractivity contribution < 1.29 is 8.42 Å². The molecule has 0 amide bonds. The molecule has 2 rings (SSSR count). The molecule has 21 heavy (non-hydrogen) atoms. The zero-order chi connectivity index (χ0) is 15.5. The molecular weight excluding hydrogens is 304 g/mol. The predicted octanol–water partition coefficient (Wildman–Crippen LogP) is 3.28. The van der Waals surface area contributed by atoms with Crippen molar-refractivity contribution in [1.82, 2.24) is 5.32 Å². The van der Waals surface area contributed by atoms with Gasteiger partial charge in [-0.3, -0.25) is 4.72 Å². The van der Waals surface area contributed by atoms with E-state index in [2.05, 4.69) is 10.0 Å². The van der Waals surface area contributed by atoms with Crippen LogP contribution in [0.15, 0.2) is 33.9 Å². The van der Waals surface area contributed by atoms with Crippen LogP contribution in [0.1, 0.15) is 23.6 Å². The Labute approximate surface area is 130 Å². The molecule has 0 spiro atoms. The Bertz CT molecular complexity index is 721. The molecule has 1 aromatic heterocycles. The van der Waals surface area contributed by atoms with E-state index in [9.17, 15) is 8.42 Å². The van der Waals surface area contributed by atoms with Crippen molar-refractivity contribution in [3.05, 3.63) is 46.3 Å². The summed E-state index contributed by atoms with van der Waals surface area (Å²) in [6, 6.07) is 7.33. The molecule has 0 atom stereocenters. The molecule has 0 unspecified atom stereocenters. The van der Waals surface area contributed by atoms with Gasteiger partial charge < -0.3 is 5.32 Å². The Morgan fingerprint density at radius 2 is 2.00 bits per heavy atom. The highest BCUT2D eigenvalue weighted by atomic mass is 32.2. The van der Waals surface area contributed by atoms with Crippen molar-refractivity contribution in [3.8, 4) is 0 Å². The summed E-state index contributed by atoms with van der Waals surface area (Å²) in [5.41, 5.74) is 3.64. The van der Waals surface area contributed by atoms with Gasteiger partial charge >= 0.3 is 0 Å². The molecule has 0 saturated heterocycles. The number of nitrogens with one attached hydrogen (secondary N) is 2. The topological polar surface area (TPSA) is 58.2 Å². The Kier molecular flexibility index (Phi) is 5.03. The van der Waals surface area contributed by atoms with Gasteiger partial charge in [0.25, 0.3) is 10.0 Å². The van der Waals surface area contributed by atoms with Gasteiger partial charge in [0.15, 0.2) is 0 Å². The minimum absolute atomic E-state index is 0.344. The van der Waals surface area contributed by atoms with Crippen LogP contribution in [0.5, 0.6) is 0 Å². The van der Waals surface area contributed by atoms with E-state index in [1.54, 1.807) is 12.1 Å². The van der Waals surface area contributed by atoms with E-state index in [1.807, 2.05) is 38.3 Å². The number of hydrogen-bond donors (Lipinski definition) is 2. The van der Waals surface area contributed by atoms with Crippen LogP contribution in [0, 0.1) is 13.8 Å². The van der Waals surface area contributed by atoms with Gasteiger partial charge in [0, 0.05) is 6.54 Å². The average molecular weight is 324 g/mol. The van der Waals surface area contributed by atoms with Gasteiger partial charge in [-0.1, -0.05) is 19.1 Å². The van der Waals surface area contributed by atoms with Gasteiger partial charge in [0.1, 0.15) is 4.21 Å². The molecule has 1 heterocycles. The lowest BCUT2D eigenvalue weighted by Gasteiger charge is -2.10. The van der Waals surface area contributed by atoms with E-state index in [0.717, 1.165) is 23.2 Å². The van der Waals surface area contributed by atoms with Crippen LogP contribution in [0.3, 0.4) is 0 Å². The number of anilines is 1. The summed E-state index contributed by atoms with van der Waals surface area (Å²) in [6.45, 7) is 7.45. The monoisotopic (exact) mass is 324 g/mol. The molecular formula is C15H20N2O2S2. The third-order valence-corrected chi connectivity index (χ3v) is 6.18. The van der Waals surface area contributed by atoms with Crippen molar-refractivity contribution in [2.75, 3.05) is 11.3 Å². The third-order valence-electron chi connectivity index (χ3n) is 3.32. The van der Waals surface area contributed by atoms with Gasteiger partial charge in [-0.15, -0.1) is 11.3 Å². The van der Waals surface area contributed by atoms with Crippen LogP contribution in [-0.4, -0.2) is 15.0 Å². The highest BCUT2D eigenvalue weighted by Gasteiger charge is 2.18. The van der Waals surface area contributed by atoms with Gasteiger partial charge in [-0.25, -0.2) is 8.42 Å². The molecule has 0 fully saturated rings. The van der Waals surface area contributed by atoms with E-state index < -0.39 is 10.0 Å². The third kappa shape index (κ3) is 3.84. The summed E-state index contributed by atoms with van der Waals surface area (Å²) < 4.78 is 27.9. The Morgan fingerprint density at radius 1 is 1.24 bits per heavy atom. The predicted molar refractivity (Wildman–Crippen MR) is 88.4 cm³/mol. The maximum Gasteiger partial charge on any atom is 0.271 e. The van der Waals surface area contributed by atoms with E-state index in [4.69, 9.17) is 0 Å². The quantitative estimate of drug-likeness (QED) is 0.857. The smallest absolute Gasteiger partial charge is 0.271 e. The maximum absolute atomic E-state index is 12.4. The van der Waals surface area contributed by atoms with Crippen LogP contribution in [0.4, 0.5) is 5.69 Å². The summed E-state index contributed by atoms with van der Waals surface area (Å²) in [4.78, 5) is 0. The van der Waals surface area contributed by atoms with Crippen molar-refractivity contribution in [2.24, 2.45) is 0 Å². The zero-order valence-corrected chi connectivity index (χ0v) is 14.1. The van der Waals surface area contributed by atoms with Gasteiger partial charge in [0.2, 0.25) is 0 Å². The molecule has 0 saturated carbocycles. The lowest BCUT2D eigenvalue weighted by Crippen LogP contribution is -2.13. The first kappa shape index (κ1) is 16.0. The summed E-state index contributed by atoms with van der Waals surface area (Å²) >= 11 is 1.25. The number of thiophene rings is 1. The van der Waals surface area contributed by atoms with Crippen molar-refractivity contribution in [3.63, 3.8) is 0 Å². The summed E-state index contributed by atoms with van der Waals surface area (Å²) in [5, 5.41) is 5.06. The highest BCUT2D eigenvalue weighted by molar-refractivity contribution is 7.94. The minimum Gasteiger partial charge on any atom is -0.313 e. The number of rotatable bonds is 6. The van der Waals surface area contributed by atoms with Crippen LogP contribution >= 0.6 is 11.3 Å². The van der Waals surface area contributed by atoms with Crippen molar-refractivity contribution in [1.29, 1.82) is 0 Å². The van der Waals surface area contributed by atoms with Crippen LogP contribution < -0.4 is 10.0 Å². The molecule has 1 aromatic carbocycles. The van der Waals surface area contributed by atoms with Crippen LogP contribution in [-0.2, 0) is 16.6 Å². The minimum atomic E-state index is -3.52. The van der Waals surface area contributed by atoms with E-state index in [0.29, 0.717) is 16.4 Å². The largest absolute Gasteiger partial charge is 0.313 e. The molecule has 0 radical (unpaired) electrons. The molecule has 0 bridgehead atoms. The lowest BCUT2D eigenvalue weighted by molar-refractivity contribution is 0.603. The second-order valence-electron chi connectivity index (χ2n) is 4.91. The fraction of sp³-hybridized carbons (Fsp3) is 0.333. The fourth-order valence-corrected chi connectivity index (χ4v) is 4.24. The molecule has 4 nitrogen and oxygen atoms in total. The summed E-state index contributed by atoms with van der Waals surface area (Å²) in [5.74, 6) is 0. The van der Waals surface area contributed by atoms with Gasteiger partial charge in [-0.2, -0.15) is 0 Å². The Hall–Kier alpha value is -1.37. The van der Waals surface area contributed by atoms with E-state index >= 15 is 0 Å². The number of hydrogen-bond acceptors (Lipinski definition) is 4. The Balaban J connectivity index is 2.22. The molecule has 0 aliphatic rings. The SMILES string of the molecule is CCNCc1csc(S(=O)(=O)Nc2cccc(C)c2C)c1. The number of benzene rings is 1. The molecule has 2 N–H and O–H groups in total. The standard InChI is InChI=1S/C15H20N2O2S2/c1-4-16-9-13-8-15(20-10-13)21(18,19)17-14-7-5-6-11(2)12(14)3/h5-8,10,16-17H,4,9H2,1-3H3. The second-order valence-corrected chi connectivity index (χ2v) is 7.73. The van der Waals surface area contributed by atoms with Crippen molar-refractivity contribution in [2.45, 2.75) is 31.5 Å². The number of aryl methyl sites for hydroxylation is 1. The lowest BCUT2D eigenvalue weighted by atomic mass is 10.1. The van der Waals surface area contributed by atoms with Crippen molar-refractivity contribution >= 4 is 27.0 Å². The first-order valence-electron chi connectivity index (χ1n) is 6.81. The fourth-order valence-electron chi connectivity index (χ4n) is 1.91. The molecule has 6 heteroatoms. The van der Waals surface area contributed by atoms with E-state index in [-0.39, 0.29) is 0 Å².